The third kappa shape index (κ3) is 3.97. The first-order chi connectivity index (χ1) is 6.38. The standard InChI is InChI=1S/C12H25NO/c1-12(2,3)7-5-10-6-8-13(4)9-11(10)14/h10-11,14H,5-9H2,1-4H3/t10?,11-/m1/s1. The maximum absolute atomic E-state index is 9.89. The average molecular weight is 199 g/mol. The van der Waals surface area contributed by atoms with Crippen molar-refractivity contribution in [3.63, 3.8) is 0 Å². The van der Waals surface area contributed by atoms with Crippen molar-refractivity contribution in [2.75, 3.05) is 20.1 Å². The van der Waals surface area contributed by atoms with Crippen molar-refractivity contribution in [2.45, 2.75) is 46.1 Å². The molecular formula is C12H25NO. The quantitative estimate of drug-likeness (QED) is 0.736. The number of piperidine rings is 1. The highest BCUT2D eigenvalue weighted by Gasteiger charge is 2.26. The van der Waals surface area contributed by atoms with Crippen LogP contribution in [0.1, 0.15) is 40.0 Å². The molecule has 2 nitrogen and oxygen atoms in total. The molecule has 0 spiro atoms. The second-order valence-electron chi connectivity index (χ2n) is 5.98. The molecule has 0 aliphatic carbocycles. The molecule has 1 aliphatic rings. The summed E-state index contributed by atoms with van der Waals surface area (Å²) < 4.78 is 0. The van der Waals surface area contributed by atoms with Gasteiger partial charge in [-0.05, 0) is 44.2 Å². The van der Waals surface area contributed by atoms with E-state index in [9.17, 15) is 5.11 Å². The summed E-state index contributed by atoms with van der Waals surface area (Å²) in [5.74, 6) is 0.533. The smallest absolute Gasteiger partial charge is 0.0695 e. The van der Waals surface area contributed by atoms with E-state index in [-0.39, 0.29) is 6.10 Å². The van der Waals surface area contributed by atoms with Crippen LogP contribution in [-0.4, -0.2) is 36.2 Å². The molecule has 1 aliphatic heterocycles. The fraction of sp³-hybridized carbons (Fsp3) is 1.00. The van der Waals surface area contributed by atoms with Crippen molar-refractivity contribution in [1.82, 2.24) is 4.90 Å². The van der Waals surface area contributed by atoms with Gasteiger partial charge in [-0.3, -0.25) is 0 Å². The van der Waals surface area contributed by atoms with E-state index in [1.165, 1.54) is 12.8 Å². The normalized spacial score (nSPS) is 30.6. The van der Waals surface area contributed by atoms with Gasteiger partial charge in [0.15, 0.2) is 0 Å². The summed E-state index contributed by atoms with van der Waals surface area (Å²) in [6.45, 7) is 8.82. The maximum Gasteiger partial charge on any atom is 0.0695 e. The molecule has 0 aromatic heterocycles. The first-order valence-electron chi connectivity index (χ1n) is 5.75. The minimum Gasteiger partial charge on any atom is -0.392 e. The number of aliphatic hydroxyl groups excluding tert-OH is 1. The number of nitrogens with zero attached hydrogens (tertiary/aromatic N) is 1. The van der Waals surface area contributed by atoms with E-state index in [2.05, 4.69) is 32.7 Å². The molecule has 2 heteroatoms. The average Bonchev–Trinajstić information content (AvgIpc) is 2.00. The van der Waals surface area contributed by atoms with Gasteiger partial charge in [0.2, 0.25) is 0 Å². The molecule has 0 amide bonds. The van der Waals surface area contributed by atoms with Gasteiger partial charge in [0.1, 0.15) is 0 Å². The summed E-state index contributed by atoms with van der Waals surface area (Å²) in [7, 11) is 2.09. The van der Waals surface area contributed by atoms with E-state index in [0.29, 0.717) is 11.3 Å². The predicted molar refractivity (Wildman–Crippen MR) is 60.3 cm³/mol. The Bertz CT molecular complexity index is 174. The van der Waals surface area contributed by atoms with Crippen LogP contribution >= 0.6 is 0 Å². The summed E-state index contributed by atoms with van der Waals surface area (Å²) in [5.41, 5.74) is 0.406. The van der Waals surface area contributed by atoms with Gasteiger partial charge < -0.3 is 10.0 Å². The summed E-state index contributed by atoms with van der Waals surface area (Å²) in [5, 5.41) is 9.89. The van der Waals surface area contributed by atoms with Crippen LogP contribution in [0.3, 0.4) is 0 Å². The zero-order valence-electron chi connectivity index (χ0n) is 10.1. The maximum atomic E-state index is 9.89. The molecule has 1 rings (SSSR count). The van der Waals surface area contributed by atoms with Crippen LogP contribution in [0.4, 0.5) is 0 Å². The third-order valence-electron chi connectivity index (χ3n) is 3.19. The van der Waals surface area contributed by atoms with Crippen molar-refractivity contribution in [2.24, 2.45) is 11.3 Å². The number of aliphatic hydroxyl groups is 1. The summed E-state index contributed by atoms with van der Waals surface area (Å²) >= 11 is 0. The minimum atomic E-state index is -0.101. The van der Waals surface area contributed by atoms with E-state index in [0.717, 1.165) is 19.5 Å². The van der Waals surface area contributed by atoms with Gasteiger partial charge in [-0.2, -0.15) is 0 Å². The van der Waals surface area contributed by atoms with E-state index in [4.69, 9.17) is 0 Å². The number of hydrogen-bond acceptors (Lipinski definition) is 2. The summed E-state index contributed by atoms with van der Waals surface area (Å²) in [6.07, 6.45) is 3.46. The number of likely N-dealkylation sites (N-methyl/N-ethyl adjacent to an activating group) is 1. The molecule has 1 heterocycles. The number of hydrogen-bond donors (Lipinski definition) is 1. The molecular weight excluding hydrogens is 174 g/mol. The number of rotatable bonds is 2. The van der Waals surface area contributed by atoms with E-state index >= 15 is 0 Å². The fourth-order valence-corrected chi connectivity index (χ4v) is 2.09. The zero-order chi connectivity index (χ0) is 10.8. The molecule has 14 heavy (non-hydrogen) atoms. The molecule has 1 unspecified atom stereocenters. The summed E-state index contributed by atoms with van der Waals surface area (Å²) in [4.78, 5) is 2.22. The predicted octanol–water partition coefficient (Wildman–Crippen LogP) is 2.13. The largest absolute Gasteiger partial charge is 0.392 e. The van der Waals surface area contributed by atoms with Crippen LogP contribution in [0.5, 0.6) is 0 Å². The Balaban J connectivity index is 2.31. The van der Waals surface area contributed by atoms with Gasteiger partial charge in [-0.25, -0.2) is 0 Å². The second-order valence-corrected chi connectivity index (χ2v) is 5.98. The Morgan fingerprint density at radius 3 is 2.50 bits per heavy atom. The molecule has 0 aromatic carbocycles. The topological polar surface area (TPSA) is 23.5 Å². The van der Waals surface area contributed by atoms with Crippen molar-refractivity contribution in [3.05, 3.63) is 0 Å². The first-order valence-corrected chi connectivity index (χ1v) is 5.75. The SMILES string of the molecule is CN1CCC(CCC(C)(C)C)[C@H](O)C1. The summed E-state index contributed by atoms with van der Waals surface area (Å²) in [6, 6.07) is 0. The lowest BCUT2D eigenvalue weighted by Crippen LogP contribution is -2.41. The van der Waals surface area contributed by atoms with Crippen LogP contribution < -0.4 is 0 Å². The van der Waals surface area contributed by atoms with Crippen LogP contribution in [0.2, 0.25) is 0 Å². The molecule has 0 radical (unpaired) electrons. The molecule has 84 valence electrons. The van der Waals surface area contributed by atoms with Crippen molar-refractivity contribution in [3.8, 4) is 0 Å². The second kappa shape index (κ2) is 4.63. The van der Waals surface area contributed by atoms with Crippen molar-refractivity contribution >= 4 is 0 Å². The van der Waals surface area contributed by atoms with Crippen molar-refractivity contribution in [1.29, 1.82) is 0 Å². The molecule has 1 saturated heterocycles. The van der Waals surface area contributed by atoms with Crippen LogP contribution in [0.25, 0.3) is 0 Å². The van der Waals surface area contributed by atoms with Gasteiger partial charge in [0.05, 0.1) is 6.10 Å². The van der Waals surface area contributed by atoms with Gasteiger partial charge in [0.25, 0.3) is 0 Å². The minimum absolute atomic E-state index is 0.101. The Labute approximate surface area is 88.3 Å². The van der Waals surface area contributed by atoms with Gasteiger partial charge in [0, 0.05) is 6.54 Å². The highest BCUT2D eigenvalue weighted by Crippen LogP contribution is 2.28. The third-order valence-corrected chi connectivity index (χ3v) is 3.19. The van der Waals surface area contributed by atoms with Gasteiger partial charge in [-0.15, -0.1) is 0 Å². The van der Waals surface area contributed by atoms with Crippen LogP contribution in [0, 0.1) is 11.3 Å². The number of β-amino-alcohol motifs (C(OH)–C–C–N with tert-alkyl or cyclic N) is 1. The lowest BCUT2D eigenvalue weighted by Gasteiger charge is -2.35. The molecule has 0 aromatic rings. The van der Waals surface area contributed by atoms with Gasteiger partial charge in [-0.1, -0.05) is 20.8 Å². The van der Waals surface area contributed by atoms with Gasteiger partial charge >= 0.3 is 0 Å². The lowest BCUT2D eigenvalue weighted by atomic mass is 9.82. The monoisotopic (exact) mass is 199 g/mol. The van der Waals surface area contributed by atoms with E-state index in [1.807, 2.05) is 0 Å². The molecule has 2 atom stereocenters. The lowest BCUT2D eigenvalue weighted by molar-refractivity contribution is 0.0243. The molecule has 1 N–H and O–H groups in total. The molecule has 0 bridgehead atoms. The molecule has 1 fully saturated rings. The first kappa shape index (κ1) is 12.0. The molecule has 0 saturated carbocycles. The van der Waals surface area contributed by atoms with Crippen molar-refractivity contribution < 1.29 is 5.11 Å². The number of likely N-dealkylation sites (tertiary alicyclic amines) is 1. The Morgan fingerprint density at radius 1 is 1.36 bits per heavy atom. The van der Waals surface area contributed by atoms with E-state index in [1.54, 1.807) is 0 Å². The fourth-order valence-electron chi connectivity index (χ4n) is 2.09. The Kier molecular flexibility index (Phi) is 3.96. The Morgan fingerprint density at radius 2 is 2.00 bits per heavy atom. The van der Waals surface area contributed by atoms with E-state index < -0.39 is 0 Å². The van der Waals surface area contributed by atoms with Crippen LogP contribution in [-0.2, 0) is 0 Å². The Hall–Kier alpha value is -0.0800. The zero-order valence-corrected chi connectivity index (χ0v) is 10.1. The highest BCUT2D eigenvalue weighted by molar-refractivity contribution is 4.79. The van der Waals surface area contributed by atoms with Crippen LogP contribution in [0.15, 0.2) is 0 Å². The highest BCUT2D eigenvalue weighted by atomic mass is 16.3.